The first-order valence-electron chi connectivity index (χ1n) is 11.9. The van der Waals surface area contributed by atoms with Gasteiger partial charge in [0.05, 0.1) is 0 Å². The fraction of sp³-hybridized carbons (Fsp3) is 0.267. The Labute approximate surface area is 194 Å². The minimum Gasteiger partial charge on any atom is -0.309 e. The molecule has 0 N–H and O–H groups in total. The summed E-state index contributed by atoms with van der Waals surface area (Å²) in [6.07, 6.45) is 9.07. The van der Waals surface area contributed by atoms with Crippen LogP contribution in [0.1, 0.15) is 57.9 Å². The van der Waals surface area contributed by atoms with E-state index in [1.165, 1.54) is 18.4 Å². The third-order valence-electron chi connectivity index (χ3n) is 5.77. The molecule has 1 nitrogen and oxygen atoms in total. The number of rotatable bonds is 11. The van der Waals surface area contributed by atoms with Crippen LogP contribution in [0.4, 0.5) is 0 Å². The summed E-state index contributed by atoms with van der Waals surface area (Å²) in [6, 6.07) is 30.4. The van der Waals surface area contributed by atoms with E-state index in [-0.39, 0.29) is 0 Å². The predicted octanol–water partition coefficient (Wildman–Crippen LogP) is 8.35. The van der Waals surface area contributed by atoms with Crippen molar-refractivity contribution in [3.05, 3.63) is 114 Å². The van der Waals surface area contributed by atoms with Gasteiger partial charge < -0.3 is 4.57 Å². The molecule has 0 bridgehead atoms. The smallest absolute Gasteiger partial charge is 0.164 e. The number of hydrogen-bond acceptors (Lipinski definition) is 1. The first-order chi connectivity index (χ1) is 15.7. The van der Waals surface area contributed by atoms with Crippen LogP contribution in [0.3, 0.4) is 0 Å². The zero-order valence-corrected chi connectivity index (χ0v) is 20.3. The normalized spacial score (nSPS) is 12.7. The zero-order valence-electron chi connectivity index (χ0n) is 19.4. The molecule has 2 heteroatoms. The van der Waals surface area contributed by atoms with Crippen molar-refractivity contribution in [1.29, 1.82) is 0 Å². The lowest BCUT2D eigenvalue weighted by molar-refractivity contribution is 0.592. The second-order valence-electron chi connectivity index (χ2n) is 8.21. The van der Waals surface area contributed by atoms with Crippen LogP contribution in [-0.2, 0) is 4.57 Å². The van der Waals surface area contributed by atoms with E-state index in [2.05, 4.69) is 50.0 Å². The summed E-state index contributed by atoms with van der Waals surface area (Å²) >= 11 is 0. The molecule has 3 aromatic rings. The highest BCUT2D eigenvalue weighted by Gasteiger charge is 2.26. The Kier molecular flexibility index (Phi) is 9.32. The summed E-state index contributed by atoms with van der Waals surface area (Å²) in [5.74, 6) is 2.08. The van der Waals surface area contributed by atoms with Gasteiger partial charge in [0.15, 0.2) is 7.14 Å². The van der Waals surface area contributed by atoms with Gasteiger partial charge in [-0.05, 0) is 41.8 Å². The van der Waals surface area contributed by atoms with E-state index in [0.717, 1.165) is 47.4 Å². The van der Waals surface area contributed by atoms with Crippen LogP contribution in [-0.4, -0.2) is 0 Å². The van der Waals surface area contributed by atoms with Gasteiger partial charge in [-0.15, -0.1) is 0 Å². The van der Waals surface area contributed by atoms with Gasteiger partial charge >= 0.3 is 0 Å². The SMILES string of the molecule is CCCCC=C(CCCC)C(=CP(=O)(c1ccccc1)c1ccccc1)c1ccccc1. The molecule has 0 unspecified atom stereocenters. The Balaban J connectivity index is 2.23. The molecule has 3 rings (SSSR count). The minimum atomic E-state index is -2.97. The number of unbranched alkanes of at least 4 members (excludes halogenated alkanes) is 3. The van der Waals surface area contributed by atoms with Gasteiger partial charge in [-0.2, -0.15) is 0 Å². The molecule has 0 spiro atoms. The van der Waals surface area contributed by atoms with Crippen molar-refractivity contribution in [1.82, 2.24) is 0 Å². The van der Waals surface area contributed by atoms with Crippen molar-refractivity contribution in [2.24, 2.45) is 0 Å². The van der Waals surface area contributed by atoms with Crippen LogP contribution in [0, 0.1) is 0 Å². The van der Waals surface area contributed by atoms with Crippen LogP contribution in [0.15, 0.2) is 108 Å². The Bertz CT molecular complexity index is 1010. The molecule has 0 aliphatic heterocycles. The molecule has 32 heavy (non-hydrogen) atoms. The zero-order chi connectivity index (χ0) is 22.7. The van der Waals surface area contributed by atoms with Gasteiger partial charge in [-0.3, -0.25) is 0 Å². The predicted molar refractivity (Wildman–Crippen MR) is 141 cm³/mol. The summed E-state index contributed by atoms with van der Waals surface area (Å²) in [5.41, 5.74) is 3.57. The Hall–Kier alpha value is -2.63. The van der Waals surface area contributed by atoms with E-state index >= 15 is 0 Å². The lowest BCUT2D eigenvalue weighted by Gasteiger charge is -2.20. The third kappa shape index (κ3) is 6.21. The summed E-state index contributed by atoms with van der Waals surface area (Å²) in [5, 5.41) is 1.76. The molecule has 0 aliphatic carbocycles. The summed E-state index contributed by atoms with van der Waals surface area (Å²) in [4.78, 5) is 0. The molecular formula is C30H35OP. The Morgan fingerprint density at radius 2 is 1.22 bits per heavy atom. The first-order valence-corrected chi connectivity index (χ1v) is 13.6. The van der Waals surface area contributed by atoms with Crippen LogP contribution < -0.4 is 10.6 Å². The fourth-order valence-electron chi connectivity index (χ4n) is 3.93. The highest BCUT2D eigenvalue weighted by molar-refractivity contribution is 7.81. The molecule has 0 saturated carbocycles. The second-order valence-corrected chi connectivity index (χ2v) is 10.8. The maximum atomic E-state index is 14.8. The van der Waals surface area contributed by atoms with E-state index in [4.69, 9.17) is 0 Å². The highest BCUT2D eigenvalue weighted by Crippen LogP contribution is 2.49. The molecule has 166 valence electrons. The standard InChI is InChI=1S/C30H35OP/c1-3-5-10-18-26(17-6-4-2)30(27-19-11-7-12-20-27)25-32(31,28-21-13-8-14-22-28)29-23-15-9-16-24-29/h7-9,11-16,18-25H,3-6,10,17H2,1-2H3. The second kappa shape index (κ2) is 12.4. The van der Waals surface area contributed by atoms with E-state index in [9.17, 15) is 4.57 Å². The monoisotopic (exact) mass is 442 g/mol. The molecule has 0 saturated heterocycles. The number of hydrogen-bond donors (Lipinski definition) is 0. The topological polar surface area (TPSA) is 17.1 Å². The van der Waals surface area contributed by atoms with Crippen molar-refractivity contribution in [2.75, 3.05) is 0 Å². The molecule has 0 radical (unpaired) electrons. The Morgan fingerprint density at radius 1 is 0.719 bits per heavy atom. The van der Waals surface area contributed by atoms with Crippen LogP contribution in [0.25, 0.3) is 5.57 Å². The van der Waals surface area contributed by atoms with Crippen LogP contribution in [0.2, 0.25) is 0 Å². The van der Waals surface area contributed by atoms with Crippen LogP contribution >= 0.6 is 7.14 Å². The van der Waals surface area contributed by atoms with Gasteiger partial charge in [-0.1, -0.05) is 130 Å². The quantitative estimate of drug-likeness (QED) is 0.166. The van der Waals surface area contributed by atoms with Gasteiger partial charge in [-0.25, -0.2) is 0 Å². The van der Waals surface area contributed by atoms with Crippen molar-refractivity contribution in [3.8, 4) is 0 Å². The number of benzene rings is 3. The van der Waals surface area contributed by atoms with Crippen molar-refractivity contribution in [3.63, 3.8) is 0 Å². The molecule has 3 aromatic carbocycles. The molecule has 0 amide bonds. The van der Waals surface area contributed by atoms with E-state index in [1.807, 2.05) is 66.7 Å². The van der Waals surface area contributed by atoms with Crippen molar-refractivity contribution >= 4 is 23.3 Å². The molecule has 0 aromatic heterocycles. The molecule has 0 aliphatic rings. The van der Waals surface area contributed by atoms with Crippen molar-refractivity contribution in [2.45, 2.75) is 52.4 Å². The van der Waals surface area contributed by atoms with E-state index in [1.54, 1.807) is 0 Å². The van der Waals surface area contributed by atoms with Gasteiger partial charge in [0, 0.05) is 10.6 Å². The van der Waals surface area contributed by atoms with E-state index in [0.29, 0.717) is 0 Å². The molecule has 0 fully saturated rings. The fourth-order valence-corrected chi connectivity index (χ4v) is 6.44. The summed E-state index contributed by atoms with van der Waals surface area (Å²) in [6.45, 7) is 4.46. The molecule has 0 atom stereocenters. The highest BCUT2D eigenvalue weighted by atomic mass is 31.2. The lowest BCUT2D eigenvalue weighted by atomic mass is 9.94. The largest absolute Gasteiger partial charge is 0.309 e. The Morgan fingerprint density at radius 3 is 1.72 bits per heavy atom. The minimum absolute atomic E-state index is 0.878. The lowest BCUT2D eigenvalue weighted by Crippen LogP contribution is -2.14. The van der Waals surface area contributed by atoms with Gasteiger partial charge in [0.25, 0.3) is 0 Å². The first kappa shape index (κ1) is 24.0. The molecule has 0 heterocycles. The summed E-state index contributed by atoms with van der Waals surface area (Å²) in [7, 11) is -2.97. The van der Waals surface area contributed by atoms with Crippen molar-refractivity contribution < 1.29 is 4.57 Å². The van der Waals surface area contributed by atoms with E-state index < -0.39 is 7.14 Å². The average molecular weight is 443 g/mol. The van der Waals surface area contributed by atoms with Crippen LogP contribution in [0.5, 0.6) is 0 Å². The molecular weight excluding hydrogens is 407 g/mol. The van der Waals surface area contributed by atoms with Gasteiger partial charge in [0.1, 0.15) is 0 Å². The number of allylic oxidation sites excluding steroid dienone is 3. The maximum Gasteiger partial charge on any atom is 0.164 e. The summed E-state index contributed by atoms with van der Waals surface area (Å²) < 4.78 is 14.8. The van der Waals surface area contributed by atoms with Gasteiger partial charge in [0.2, 0.25) is 0 Å². The average Bonchev–Trinajstić information content (AvgIpc) is 2.86. The maximum absolute atomic E-state index is 14.8. The third-order valence-corrected chi connectivity index (χ3v) is 8.52.